The fourth-order valence-corrected chi connectivity index (χ4v) is 4.96. The highest BCUT2D eigenvalue weighted by Gasteiger charge is 2.46. The largest absolute Gasteiger partial charge is 0.465 e. The highest BCUT2D eigenvalue weighted by molar-refractivity contribution is 5.84. The van der Waals surface area contributed by atoms with E-state index in [0.717, 1.165) is 70.5 Å². The van der Waals surface area contributed by atoms with Crippen molar-refractivity contribution in [1.82, 2.24) is 10.1 Å². The van der Waals surface area contributed by atoms with Crippen molar-refractivity contribution in [2.45, 2.75) is 51.6 Å². The van der Waals surface area contributed by atoms with Gasteiger partial charge in [0.05, 0.1) is 30.9 Å². The van der Waals surface area contributed by atoms with E-state index in [-0.39, 0.29) is 5.97 Å². The van der Waals surface area contributed by atoms with Crippen molar-refractivity contribution >= 4 is 5.97 Å². The summed E-state index contributed by atoms with van der Waals surface area (Å²) in [5, 5.41) is 4.21. The molecule has 1 aliphatic carbocycles. The van der Waals surface area contributed by atoms with Crippen LogP contribution in [0.1, 0.15) is 48.6 Å². The molecule has 0 unspecified atom stereocenters. The molecule has 0 radical (unpaired) electrons. The van der Waals surface area contributed by atoms with Gasteiger partial charge in [0.1, 0.15) is 0 Å². The number of nitrogens with zero attached hydrogens (tertiary/aromatic N) is 2. The first-order valence-electron chi connectivity index (χ1n) is 12.9. The Bertz CT molecular complexity index is 1320. The number of ether oxygens (including phenoxy) is 2. The molecule has 2 aromatic carbocycles. The number of hydrogen-bond donors (Lipinski definition) is 0. The van der Waals surface area contributed by atoms with Crippen LogP contribution in [0.3, 0.4) is 0 Å². The van der Waals surface area contributed by atoms with Crippen LogP contribution in [-0.4, -0.2) is 29.3 Å². The number of rotatable bonds is 10. The summed E-state index contributed by atoms with van der Waals surface area (Å²) in [6.45, 7) is 5.34. The van der Waals surface area contributed by atoms with Crippen LogP contribution in [0.15, 0.2) is 77.6 Å². The summed E-state index contributed by atoms with van der Waals surface area (Å²) in [7, 11) is 0. The molecule has 5 rings (SSSR count). The van der Waals surface area contributed by atoms with E-state index in [9.17, 15) is 4.79 Å². The number of esters is 1. The number of carbonyl (C=O) groups is 1. The molecule has 0 spiro atoms. The molecule has 0 aliphatic heterocycles. The molecular formula is C31H32N2O4. The topological polar surface area (TPSA) is 74.5 Å². The van der Waals surface area contributed by atoms with Crippen LogP contribution in [0.4, 0.5) is 0 Å². The molecule has 0 amide bonds. The van der Waals surface area contributed by atoms with Gasteiger partial charge in [-0.25, -0.2) is 0 Å². The van der Waals surface area contributed by atoms with Gasteiger partial charge in [0.15, 0.2) is 5.76 Å². The second kappa shape index (κ2) is 11.1. The van der Waals surface area contributed by atoms with E-state index >= 15 is 0 Å². The Morgan fingerprint density at radius 3 is 2.32 bits per heavy atom. The van der Waals surface area contributed by atoms with E-state index in [1.807, 2.05) is 32.2 Å². The van der Waals surface area contributed by atoms with E-state index < -0.39 is 5.41 Å². The van der Waals surface area contributed by atoms with E-state index in [0.29, 0.717) is 19.8 Å². The third-order valence-corrected chi connectivity index (χ3v) is 7.26. The molecule has 1 fully saturated rings. The highest BCUT2D eigenvalue weighted by atomic mass is 16.5. The molecule has 1 saturated carbocycles. The minimum Gasteiger partial charge on any atom is -0.465 e. The van der Waals surface area contributed by atoms with Gasteiger partial charge in [-0.2, -0.15) is 0 Å². The van der Waals surface area contributed by atoms with Crippen LogP contribution in [0, 0.1) is 6.92 Å². The summed E-state index contributed by atoms with van der Waals surface area (Å²) in [4.78, 5) is 16.7. The number of aromatic nitrogens is 2. The van der Waals surface area contributed by atoms with Crippen molar-refractivity contribution < 1.29 is 18.8 Å². The predicted octanol–water partition coefficient (Wildman–Crippen LogP) is 6.46. The van der Waals surface area contributed by atoms with Crippen molar-refractivity contribution in [2.24, 2.45) is 0 Å². The lowest BCUT2D eigenvalue weighted by atomic mass is 9.64. The van der Waals surface area contributed by atoms with Gasteiger partial charge in [-0.1, -0.05) is 66.2 Å². The normalized spacial score (nSPS) is 14.2. The third kappa shape index (κ3) is 5.20. The zero-order valence-electron chi connectivity index (χ0n) is 21.4. The van der Waals surface area contributed by atoms with Gasteiger partial charge >= 0.3 is 5.97 Å². The fraction of sp³-hybridized carbons (Fsp3) is 0.323. The summed E-state index contributed by atoms with van der Waals surface area (Å²) in [6.07, 6.45) is 7.06. The van der Waals surface area contributed by atoms with Gasteiger partial charge in [-0.05, 0) is 55.0 Å². The van der Waals surface area contributed by atoms with Crippen LogP contribution >= 0.6 is 0 Å². The van der Waals surface area contributed by atoms with Gasteiger partial charge in [0.25, 0.3) is 0 Å². The quantitative estimate of drug-likeness (QED) is 0.185. The zero-order chi connectivity index (χ0) is 25.7. The molecule has 0 atom stereocenters. The van der Waals surface area contributed by atoms with E-state index in [1.54, 1.807) is 6.20 Å². The van der Waals surface area contributed by atoms with Crippen LogP contribution < -0.4 is 0 Å². The molecule has 0 N–H and O–H groups in total. The van der Waals surface area contributed by atoms with Crippen molar-refractivity contribution in [3.05, 3.63) is 95.4 Å². The number of hydrogen-bond acceptors (Lipinski definition) is 6. The summed E-state index contributed by atoms with van der Waals surface area (Å²) in [5.41, 5.74) is 6.76. The number of aryl methyl sites for hydroxylation is 1. The smallest absolute Gasteiger partial charge is 0.316 e. The van der Waals surface area contributed by atoms with E-state index in [2.05, 4.69) is 58.7 Å². The van der Waals surface area contributed by atoms with Gasteiger partial charge < -0.3 is 14.0 Å². The number of pyridine rings is 1. The van der Waals surface area contributed by atoms with Crippen molar-refractivity contribution in [3.8, 4) is 22.5 Å². The lowest BCUT2D eigenvalue weighted by molar-refractivity contribution is -0.153. The lowest BCUT2D eigenvalue weighted by Gasteiger charge is -2.39. The highest BCUT2D eigenvalue weighted by Crippen LogP contribution is 2.45. The van der Waals surface area contributed by atoms with E-state index in [4.69, 9.17) is 14.0 Å². The maximum absolute atomic E-state index is 12.6. The summed E-state index contributed by atoms with van der Waals surface area (Å²) < 4.78 is 16.9. The Morgan fingerprint density at radius 1 is 1.00 bits per heavy atom. The Morgan fingerprint density at radius 2 is 1.70 bits per heavy atom. The summed E-state index contributed by atoms with van der Waals surface area (Å²) in [6, 6.07) is 20.6. The van der Waals surface area contributed by atoms with Crippen LogP contribution in [-0.2, 0) is 32.7 Å². The zero-order valence-corrected chi connectivity index (χ0v) is 21.4. The first kappa shape index (κ1) is 24.9. The molecule has 6 nitrogen and oxygen atoms in total. The molecular weight excluding hydrogens is 464 g/mol. The van der Waals surface area contributed by atoms with Crippen LogP contribution in [0.5, 0.6) is 0 Å². The maximum Gasteiger partial charge on any atom is 0.316 e. The van der Waals surface area contributed by atoms with Gasteiger partial charge in [-0.3, -0.25) is 9.78 Å². The second-order valence-corrected chi connectivity index (χ2v) is 9.55. The lowest BCUT2D eigenvalue weighted by Crippen LogP contribution is -2.43. The van der Waals surface area contributed by atoms with Crippen LogP contribution in [0.2, 0.25) is 0 Å². The first-order valence-corrected chi connectivity index (χ1v) is 12.9. The fourth-order valence-electron chi connectivity index (χ4n) is 4.96. The minimum absolute atomic E-state index is 0.0982. The van der Waals surface area contributed by atoms with Gasteiger partial charge in [-0.15, -0.1) is 0 Å². The molecule has 190 valence electrons. The molecule has 2 heterocycles. The molecule has 37 heavy (non-hydrogen) atoms. The van der Waals surface area contributed by atoms with Crippen molar-refractivity contribution in [2.75, 3.05) is 13.2 Å². The van der Waals surface area contributed by atoms with Gasteiger partial charge in [0.2, 0.25) is 0 Å². The molecule has 6 heteroatoms. The average molecular weight is 497 g/mol. The minimum atomic E-state index is -0.472. The van der Waals surface area contributed by atoms with Crippen LogP contribution in [0.25, 0.3) is 22.5 Å². The van der Waals surface area contributed by atoms with Crippen molar-refractivity contribution in [3.63, 3.8) is 0 Å². The Balaban J connectivity index is 1.26. The standard InChI is InChI=1S/C31H32N2O4/c1-3-36-30(34)31(16-5-17-31)27-13-11-25(12-14-27)24-7-9-26(10-8-24)29-28(22(2)33-37-29)15-19-35-21-23-6-4-18-32-20-23/h4,6-14,18,20H,3,5,15-17,19,21H2,1-2H3. The molecule has 4 aromatic rings. The van der Waals surface area contributed by atoms with Gasteiger partial charge in [0, 0.05) is 29.9 Å². The molecule has 0 saturated heterocycles. The summed E-state index contributed by atoms with van der Waals surface area (Å²) in [5.74, 6) is 0.685. The number of benzene rings is 2. The second-order valence-electron chi connectivity index (χ2n) is 9.55. The predicted molar refractivity (Wildman–Crippen MR) is 142 cm³/mol. The number of carbonyl (C=O) groups excluding carboxylic acids is 1. The Kier molecular flexibility index (Phi) is 7.47. The van der Waals surface area contributed by atoms with Crippen molar-refractivity contribution in [1.29, 1.82) is 0 Å². The molecule has 0 bridgehead atoms. The molecule has 1 aliphatic rings. The van der Waals surface area contributed by atoms with E-state index in [1.165, 1.54) is 0 Å². The maximum atomic E-state index is 12.6. The Hall–Kier alpha value is -3.77. The third-order valence-electron chi connectivity index (χ3n) is 7.26. The monoisotopic (exact) mass is 496 g/mol. The summed E-state index contributed by atoms with van der Waals surface area (Å²) >= 11 is 0. The SMILES string of the molecule is CCOC(=O)C1(c2ccc(-c3ccc(-c4onc(C)c4CCOCc4cccnc4)cc3)cc2)CCC1. The molecule has 2 aromatic heterocycles. The Labute approximate surface area is 217 Å². The average Bonchev–Trinajstić information content (AvgIpc) is 3.27. The first-order chi connectivity index (χ1) is 18.1.